The van der Waals surface area contributed by atoms with Gasteiger partial charge in [-0.25, -0.2) is 0 Å². The normalized spacial score (nSPS) is 20.6. The Morgan fingerprint density at radius 3 is 3.00 bits per heavy atom. The minimum atomic E-state index is 0.363. The van der Waals surface area contributed by atoms with Crippen LogP contribution >= 0.6 is 0 Å². The van der Waals surface area contributed by atoms with Crippen LogP contribution in [-0.4, -0.2) is 26.6 Å². The SMILES string of the molecule is Cc1nnc(CN2CCCC[C@@H]2c2ccccn2)o1. The van der Waals surface area contributed by atoms with E-state index in [2.05, 4.69) is 26.1 Å². The molecule has 1 fully saturated rings. The molecule has 5 heteroatoms. The summed E-state index contributed by atoms with van der Waals surface area (Å²) in [6.45, 7) is 3.59. The number of rotatable bonds is 3. The predicted octanol–water partition coefficient (Wildman–Crippen LogP) is 2.50. The minimum absolute atomic E-state index is 0.363. The molecule has 3 rings (SSSR count). The summed E-state index contributed by atoms with van der Waals surface area (Å²) in [6, 6.07) is 6.47. The van der Waals surface area contributed by atoms with Gasteiger partial charge < -0.3 is 4.42 Å². The Labute approximate surface area is 112 Å². The molecular formula is C14H18N4O. The van der Waals surface area contributed by atoms with Crippen molar-refractivity contribution in [2.45, 2.75) is 38.8 Å². The summed E-state index contributed by atoms with van der Waals surface area (Å²) in [5, 5.41) is 7.98. The minimum Gasteiger partial charge on any atom is -0.424 e. The molecule has 0 saturated carbocycles. The maximum atomic E-state index is 5.49. The fourth-order valence-electron chi connectivity index (χ4n) is 2.66. The molecule has 0 radical (unpaired) electrons. The van der Waals surface area contributed by atoms with E-state index in [4.69, 9.17) is 4.42 Å². The van der Waals surface area contributed by atoms with Crippen LogP contribution in [0, 0.1) is 6.92 Å². The molecule has 5 nitrogen and oxygen atoms in total. The van der Waals surface area contributed by atoms with Gasteiger partial charge in [-0.1, -0.05) is 12.5 Å². The summed E-state index contributed by atoms with van der Waals surface area (Å²) in [6.07, 6.45) is 5.47. The van der Waals surface area contributed by atoms with Gasteiger partial charge in [-0.15, -0.1) is 10.2 Å². The zero-order valence-corrected chi connectivity index (χ0v) is 11.1. The molecule has 19 heavy (non-hydrogen) atoms. The summed E-state index contributed by atoms with van der Waals surface area (Å²) < 4.78 is 5.49. The highest BCUT2D eigenvalue weighted by Gasteiger charge is 2.26. The maximum absolute atomic E-state index is 5.49. The molecule has 0 amide bonds. The molecule has 0 spiro atoms. The number of piperidine rings is 1. The van der Waals surface area contributed by atoms with E-state index >= 15 is 0 Å². The van der Waals surface area contributed by atoms with Crippen LogP contribution in [0.15, 0.2) is 28.8 Å². The Morgan fingerprint density at radius 1 is 1.32 bits per heavy atom. The quantitative estimate of drug-likeness (QED) is 0.846. The summed E-state index contributed by atoms with van der Waals surface area (Å²) in [7, 11) is 0. The molecular weight excluding hydrogens is 240 g/mol. The molecule has 0 N–H and O–H groups in total. The van der Waals surface area contributed by atoms with E-state index in [9.17, 15) is 0 Å². The number of hydrogen-bond donors (Lipinski definition) is 0. The zero-order chi connectivity index (χ0) is 13.1. The molecule has 2 aromatic rings. The van der Waals surface area contributed by atoms with Crippen LogP contribution < -0.4 is 0 Å². The molecule has 0 aromatic carbocycles. The van der Waals surface area contributed by atoms with Gasteiger partial charge in [0.05, 0.1) is 18.3 Å². The van der Waals surface area contributed by atoms with E-state index in [0.717, 1.165) is 18.7 Å². The number of likely N-dealkylation sites (tertiary alicyclic amines) is 1. The van der Waals surface area contributed by atoms with Crippen LogP contribution in [0.25, 0.3) is 0 Å². The van der Waals surface area contributed by atoms with Gasteiger partial charge >= 0.3 is 0 Å². The molecule has 0 aliphatic carbocycles. The van der Waals surface area contributed by atoms with E-state index in [-0.39, 0.29) is 0 Å². The third-order valence-corrected chi connectivity index (χ3v) is 3.55. The summed E-state index contributed by atoms with van der Waals surface area (Å²) in [4.78, 5) is 6.88. The van der Waals surface area contributed by atoms with E-state index < -0.39 is 0 Å². The van der Waals surface area contributed by atoms with Crippen LogP contribution in [0.3, 0.4) is 0 Å². The first kappa shape index (κ1) is 12.3. The van der Waals surface area contributed by atoms with Crippen molar-refractivity contribution < 1.29 is 4.42 Å². The summed E-state index contributed by atoms with van der Waals surface area (Å²) >= 11 is 0. The smallest absolute Gasteiger partial charge is 0.230 e. The largest absolute Gasteiger partial charge is 0.424 e. The molecule has 1 aliphatic heterocycles. The van der Waals surface area contributed by atoms with Crippen molar-refractivity contribution in [1.82, 2.24) is 20.1 Å². The average molecular weight is 258 g/mol. The Bertz CT molecular complexity index is 525. The van der Waals surface area contributed by atoms with Crippen molar-refractivity contribution in [3.63, 3.8) is 0 Å². The number of aryl methyl sites for hydroxylation is 1. The maximum Gasteiger partial charge on any atom is 0.230 e. The molecule has 1 saturated heterocycles. The van der Waals surface area contributed by atoms with E-state index in [1.54, 1.807) is 0 Å². The number of hydrogen-bond acceptors (Lipinski definition) is 5. The number of pyridine rings is 1. The van der Waals surface area contributed by atoms with E-state index in [0.29, 0.717) is 24.4 Å². The fourth-order valence-corrected chi connectivity index (χ4v) is 2.66. The molecule has 1 aliphatic rings. The lowest BCUT2D eigenvalue weighted by atomic mass is 9.99. The van der Waals surface area contributed by atoms with Gasteiger partial charge in [-0.3, -0.25) is 9.88 Å². The second kappa shape index (κ2) is 5.48. The zero-order valence-electron chi connectivity index (χ0n) is 11.1. The third-order valence-electron chi connectivity index (χ3n) is 3.55. The lowest BCUT2D eigenvalue weighted by Crippen LogP contribution is -2.33. The van der Waals surface area contributed by atoms with Crippen molar-refractivity contribution in [2.75, 3.05) is 6.54 Å². The Balaban J connectivity index is 1.77. The molecule has 0 bridgehead atoms. The van der Waals surface area contributed by atoms with Crippen molar-refractivity contribution >= 4 is 0 Å². The van der Waals surface area contributed by atoms with Crippen LogP contribution in [-0.2, 0) is 6.54 Å². The van der Waals surface area contributed by atoms with Gasteiger partial charge in [0, 0.05) is 13.1 Å². The number of aromatic nitrogens is 3. The topological polar surface area (TPSA) is 55.1 Å². The summed E-state index contributed by atoms with van der Waals surface area (Å²) in [5.74, 6) is 1.32. The van der Waals surface area contributed by atoms with E-state index in [1.807, 2.05) is 25.3 Å². The predicted molar refractivity (Wildman–Crippen MR) is 70.3 cm³/mol. The van der Waals surface area contributed by atoms with Crippen molar-refractivity contribution in [2.24, 2.45) is 0 Å². The first-order valence-electron chi connectivity index (χ1n) is 6.77. The van der Waals surface area contributed by atoms with Crippen molar-refractivity contribution in [1.29, 1.82) is 0 Å². The summed E-state index contributed by atoms with van der Waals surface area (Å²) in [5.41, 5.74) is 1.14. The van der Waals surface area contributed by atoms with Crippen LogP contribution in [0.2, 0.25) is 0 Å². The Morgan fingerprint density at radius 2 is 2.26 bits per heavy atom. The van der Waals surface area contributed by atoms with Gasteiger partial charge in [-0.05, 0) is 31.5 Å². The molecule has 100 valence electrons. The highest BCUT2D eigenvalue weighted by atomic mass is 16.4. The Hall–Kier alpha value is -1.75. The molecule has 1 atom stereocenters. The van der Waals surface area contributed by atoms with Crippen molar-refractivity contribution in [3.8, 4) is 0 Å². The fraction of sp³-hybridized carbons (Fsp3) is 0.500. The first-order chi connectivity index (χ1) is 9.33. The van der Waals surface area contributed by atoms with Crippen LogP contribution in [0.1, 0.15) is 42.8 Å². The average Bonchev–Trinajstić information content (AvgIpc) is 2.86. The van der Waals surface area contributed by atoms with Gasteiger partial charge in [-0.2, -0.15) is 0 Å². The molecule has 3 heterocycles. The number of nitrogens with zero attached hydrogens (tertiary/aromatic N) is 4. The van der Waals surface area contributed by atoms with Crippen LogP contribution in [0.5, 0.6) is 0 Å². The van der Waals surface area contributed by atoms with Gasteiger partial charge in [0.1, 0.15) is 0 Å². The first-order valence-corrected chi connectivity index (χ1v) is 6.77. The third kappa shape index (κ3) is 2.81. The standard InChI is InChI=1S/C14H18N4O/c1-11-16-17-14(19-11)10-18-9-5-3-7-13(18)12-6-2-4-8-15-12/h2,4,6,8,13H,3,5,7,9-10H2,1H3/t13-/m1/s1. The van der Waals surface area contributed by atoms with Gasteiger partial charge in [0.25, 0.3) is 0 Å². The lowest BCUT2D eigenvalue weighted by molar-refractivity contribution is 0.124. The molecule has 2 aromatic heterocycles. The monoisotopic (exact) mass is 258 g/mol. The van der Waals surface area contributed by atoms with Gasteiger partial charge in [0.2, 0.25) is 11.8 Å². The lowest BCUT2D eigenvalue weighted by Gasteiger charge is -2.34. The van der Waals surface area contributed by atoms with E-state index in [1.165, 1.54) is 12.8 Å². The second-order valence-electron chi connectivity index (χ2n) is 4.95. The Kier molecular flexibility index (Phi) is 3.55. The highest BCUT2D eigenvalue weighted by molar-refractivity contribution is 5.10. The molecule has 0 unspecified atom stereocenters. The second-order valence-corrected chi connectivity index (χ2v) is 4.95. The highest BCUT2D eigenvalue weighted by Crippen LogP contribution is 2.30. The van der Waals surface area contributed by atoms with Gasteiger partial charge in [0.15, 0.2) is 0 Å². The van der Waals surface area contributed by atoms with Crippen LogP contribution in [0.4, 0.5) is 0 Å². The van der Waals surface area contributed by atoms with Crippen molar-refractivity contribution in [3.05, 3.63) is 41.9 Å².